The van der Waals surface area contributed by atoms with E-state index < -0.39 is 11.8 Å². The summed E-state index contributed by atoms with van der Waals surface area (Å²) in [6.07, 6.45) is 5.50. The fourth-order valence-electron chi connectivity index (χ4n) is 3.72. The number of nitrogens with zero attached hydrogens (tertiary/aromatic N) is 4. The third-order valence-corrected chi connectivity index (χ3v) is 5.52. The molecule has 3 aromatic rings. The Balaban J connectivity index is 1.44. The number of urea groups is 1. The number of carbonyl (C=O) groups excluding carboxylic acids is 2. The fraction of sp³-hybridized carbons (Fsp3) is 0.348. The summed E-state index contributed by atoms with van der Waals surface area (Å²) in [4.78, 5) is 35.1. The first kappa shape index (κ1) is 22.4. The molecule has 172 valence electrons. The number of amides is 3. The predicted octanol–water partition coefficient (Wildman–Crippen LogP) is 3.58. The van der Waals surface area contributed by atoms with E-state index in [1.807, 2.05) is 6.07 Å². The van der Waals surface area contributed by atoms with Crippen molar-refractivity contribution in [1.82, 2.24) is 25.3 Å². The number of pyridine rings is 1. The summed E-state index contributed by atoms with van der Waals surface area (Å²) in [5.74, 6) is 0.216. The summed E-state index contributed by atoms with van der Waals surface area (Å²) in [5.41, 5.74) is 0.862. The van der Waals surface area contributed by atoms with Gasteiger partial charge in [-0.05, 0) is 43.5 Å². The van der Waals surface area contributed by atoms with Gasteiger partial charge in [-0.1, -0.05) is 17.3 Å². The number of rotatable bonds is 3. The van der Waals surface area contributed by atoms with E-state index in [1.165, 1.54) is 17.0 Å². The fourth-order valence-corrected chi connectivity index (χ4v) is 3.72. The van der Waals surface area contributed by atoms with Crippen molar-refractivity contribution in [1.29, 1.82) is 0 Å². The van der Waals surface area contributed by atoms with Crippen molar-refractivity contribution in [3.63, 3.8) is 0 Å². The second-order valence-electron chi connectivity index (χ2n) is 7.82. The number of halogens is 1. The molecule has 2 aromatic heterocycles. The number of nitrogens with one attached hydrogen (secondary N) is 2. The zero-order valence-electron chi connectivity index (χ0n) is 18.0. The van der Waals surface area contributed by atoms with Gasteiger partial charge in [-0.2, -0.15) is 4.98 Å². The summed E-state index contributed by atoms with van der Waals surface area (Å²) < 4.78 is 19.5. The Labute approximate surface area is 190 Å². The summed E-state index contributed by atoms with van der Waals surface area (Å²) in [6, 6.07) is 9.19. The molecule has 0 spiro atoms. The number of para-hydroxylation sites is 1. The van der Waals surface area contributed by atoms with Gasteiger partial charge in [-0.25, -0.2) is 9.18 Å². The van der Waals surface area contributed by atoms with E-state index in [0.29, 0.717) is 44.1 Å². The summed E-state index contributed by atoms with van der Waals surface area (Å²) in [5, 5.41) is 9.54. The average molecular weight is 452 g/mol. The molecule has 0 aliphatic carbocycles. The molecule has 1 atom stereocenters. The van der Waals surface area contributed by atoms with Gasteiger partial charge in [0.25, 0.3) is 0 Å². The number of aromatic nitrogens is 3. The van der Waals surface area contributed by atoms with E-state index >= 15 is 0 Å². The highest BCUT2D eigenvalue weighted by Gasteiger charge is 2.23. The largest absolute Gasteiger partial charge is 0.356 e. The quantitative estimate of drug-likeness (QED) is 0.628. The van der Waals surface area contributed by atoms with Crippen LogP contribution in [0.1, 0.15) is 37.5 Å². The lowest BCUT2D eigenvalue weighted by Gasteiger charge is -2.23. The second kappa shape index (κ2) is 10.7. The number of hydrogen-bond donors (Lipinski definition) is 2. The monoisotopic (exact) mass is 452 g/mol. The maximum Gasteiger partial charge on any atom is 0.321 e. The highest BCUT2D eigenvalue weighted by Crippen LogP contribution is 2.26. The molecular weight excluding hydrogens is 427 g/mol. The van der Waals surface area contributed by atoms with Gasteiger partial charge < -0.3 is 20.1 Å². The SMILES string of the molecule is O=C1CCN(C(=O)Nc2ccccc2F)CCCC(c2nc(-c3cccnc3)no2)CCN1. The Bertz CT molecular complexity index is 1090. The summed E-state index contributed by atoms with van der Waals surface area (Å²) in [6.45, 7) is 1.12. The maximum atomic E-state index is 13.9. The van der Waals surface area contributed by atoms with Gasteiger partial charge in [0.2, 0.25) is 17.6 Å². The first-order chi connectivity index (χ1) is 16.1. The lowest BCUT2D eigenvalue weighted by atomic mass is 9.99. The predicted molar refractivity (Wildman–Crippen MR) is 119 cm³/mol. The Kier molecular flexibility index (Phi) is 7.23. The standard InChI is InChI=1S/C23H25FN6O3/c24-18-7-1-2-8-19(18)27-23(32)30-13-4-6-16(9-12-26-20(31)10-14-30)22-28-21(29-33-22)17-5-3-11-25-15-17/h1-3,5,7-8,11,15-16H,4,6,9-10,12-14H2,(H,26,31)(H,27,32). The molecule has 0 bridgehead atoms. The smallest absolute Gasteiger partial charge is 0.321 e. The first-order valence-electron chi connectivity index (χ1n) is 10.9. The Morgan fingerprint density at radius 1 is 1.18 bits per heavy atom. The molecule has 10 heteroatoms. The molecule has 3 amide bonds. The second-order valence-corrected chi connectivity index (χ2v) is 7.82. The molecule has 2 N–H and O–H groups in total. The van der Waals surface area contributed by atoms with Crippen LogP contribution in [0.3, 0.4) is 0 Å². The third-order valence-electron chi connectivity index (χ3n) is 5.52. The Morgan fingerprint density at radius 3 is 2.88 bits per heavy atom. The van der Waals surface area contributed by atoms with Crippen LogP contribution in [0.4, 0.5) is 14.9 Å². The zero-order valence-corrected chi connectivity index (χ0v) is 18.0. The van der Waals surface area contributed by atoms with Crippen molar-refractivity contribution >= 4 is 17.6 Å². The van der Waals surface area contributed by atoms with Crippen molar-refractivity contribution < 1.29 is 18.5 Å². The van der Waals surface area contributed by atoms with Crippen LogP contribution in [0.25, 0.3) is 11.4 Å². The highest BCUT2D eigenvalue weighted by atomic mass is 19.1. The molecule has 1 saturated heterocycles. The molecule has 1 aliphatic rings. The van der Waals surface area contributed by atoms with E-state index in [9.17, 15) is 14.0 Å². The van der Waals surface area contributed by atoms with E-state index in [-0.39, 0.29) is 30.5 Å². The minimum Gasteiger partial charge on any atom is -0.356 e. The van der Waals surface area contributed by atoms with Crippen LogP contribution in [0.15, 0.2) is 53.3 Å². The van der Waals surface area contributed by atoms with E-state index in [4.69, 9.17) is 4.52 Å². The number of anilines is 1. The van der Waals surface area contributed by atoms with Crippen LogP contribution >= 0.6 is 0 Å². The minimum absolute atomic E-state index is 0.0715. The molecule has 1 aliphatic heterocycles. The normalized spacial score (nSPS) is 17.7. The average Bonchev–Trinajstić information content (AvgIpc) is 3.30. The summed E-state index contributed by atoms with van der Waals surface area (Å²) in [7, 11) is 0. The highest BCUT2D eigenvalue weighted by molar-refractivity contribution is 5.89. The molecule has 1 aromatic carbocycles. The van der Waals surface area contributed by atoms with Crippen LogP contribution in [0.2, 0.25) is 0 Å². The summed E-state index contributed by atoms with van der Waals surface area (Å²) >= 11 is 0. The number of hydrogen-bond acceptors (Lipinski definition) is 6. The van der Waals surface area contributed by atoms with E-state index in [1.54, 1.807) is 30.6 Å². The van der Waals surface area contributed by atoms with Gasteiger partial charge in [0.05, 0.1) is 5.69 Å². The van der Waals surface area contributed by atoms with Crippen molar-refractivity contribution in [3.05, 3.63) is 60.5 Å². The molecule has 1 unspecified atom stereocenters. The molecule has 1 fully saturated rings. The first-order valence-corrected chi connectivity index (χ1v) is 10.9. The van der Waals surface area contributed by atoms with Crippen molar-refractivity contribution in [2.75, 3.05) is 25.0 Å². The van der Waals surface area contributed by atoms with E-state index in [0.717, 1.165) is 5.56 Å². The van der Waals surface area contributed by atoms with Gasteiger partial charge in [0.1, 0.15) is 5.82 Å². The van der Waals surface area contributed by atoms with Crippen LogP contribution in [0.5, 0.6) is 0 Å². The Hall–Kier alpha value is -3.82. The van der Waals surface area contributed by atoms with Crippen LogP contribution in [0, 0.1) is 5.82 Å². The van der Waals surface area contributed by atoms with Crippen LogP contribution < -0.4 is 10.6 Å². The maximum absolute atomic E-state index is 13.9. The molecular formula is C23H25FN6O3. The van der Waals surface area contributed by atoms with Crippen molar-refractivity contribution in [2.24, 2.45) is 0 Å². The lowest BCUT2D eigenvalue weighted by molar-refractivity contribution is -0.121. The van der Waals surface area contributed by atoms with Gasteiger partial charge in [0, 0.05) is 49.9 Å². The Morgan fingerprint density at radius 2 is 2.06 bits per heavy atom. The third kappa shape index (κ3) is 5.91. The molecule has 0 radical (unpaired) electrons. The van der Waals surface area contributed by atoms with Gasteiger partial charge in [-0.3, -0.25) is 9.78 Å². The molecule has 9 nitrogen and oxygen atoms in total. The van der Waals surface area contributed by atoms with Crippen LogP contribution in [-0.4, -0.2) is 51.6 Å². The van der Waals surface area contributed by atoms with Crippen LogP contribution in [-0.2, 0) is 4.79 Å². The number of carbonyl (C=O) groups is 2. The molecule has 33 heavy (non-hydrogen) atoms. The molecule has 3 heterocycles. The van der Waals surface area contributed by atoms with Gasteiger partial charge >= 0.3 is 6.03 Å². The van der Waals surface area contributed by atoms with Gasteiger partial charge in [0.15, 0.2) is 0 Å². The van der Waals surface area contributed by atoms with E-state index in [2.05, 4.69) is 25.8 Å². The zero-order chi connectivity index (χ0) is 23.0. The van der Waals surface area contributed by atoms with Crippen molar-refractivity contribution in [2.45, 2.75) is 31.6 Å². The topological polar surface area (TPSA) is 113 Å². The number of benzene rings is 1. The lowest BCUT2D eigenvalue weighted by Crippen LogP contribution is -2.38. The molecule has 4 rings (SSSR count). The van der Waals surface area contributed by atoms with Gasteiger partial charge in [-0.15, -0.1) is 0 Å². The minimum atomic E-state index is -0.512. The van der Waals surface area contributed by atoms with Crippen molar-refractivity contribution in [3.8, 4) is 11.4 Å². The molecule has 0 saturated carbocycles.